The van der Waals surface area contributed by atoms with Gasteiger partial charge >= 0.3 is 0 Å². The zero-order valence-electron chi connectivity index (χ0n) is 9.91. The molecule has 15 heavy (non-hydrogen) atoms. The molecule has 2 nitrogen and oxygen atoms in total. The Morgan fingerprint density at radius 3 is 2.73 bits per heavy atom. The molecule has 4 atom stereocenters. The van der Waals surface area contributed by atoms with Crippen LogP contribution in [0.2, 0.25) is 0 Å². The molecule has 2 rings (SSSR count). The van der Waals surface area contributed by atoms with Gasteiger partial charge in [0.05, 0.1) is 6.10 Å². The summed E-state index contributed by atoms with van der Waals surface area (Å²) in [4.78, 5) is 0. The summed E-state index contributed by atoms with van der Waals surface area (Å²) < 4.78 is 0. The molecule has 1 saturated carbocycles. The monoisotopic (exact) mass is 211 g/mol. The molecule has 2 fully saturated rings. The molecule has 1 heterocycles. The predicted octanol–water partition coefficient (Wildman–Crippen LogP) is 2.32. The largest absolute Gasteiger partial charge is 0.393 e. The van der Waals surface area contributed by atoms with Gasteiger partial charge < -0.3 is 10.4 Å². The van der Waals surface area contributed by atoms with Crippen LogP contribution >= 0.6 is 0 Å². The summed E-state index contributed by atoms with van der Waals surface area (Å²) >= 11 is 0. The van der Waals surface area contributed by atoms with Gasteiger partial charge in [-0.1, -0.05) is 26.2 Å². The van der Waals surface area contributed by atoms with Crippen molar-refractivity contribution < 1.29 is 5.11 Å². The zero-order valence-corrected chi connectivity index (χ0v) is 9.91. The Labute approximate surface area is 93.5 Å². The van der Waals surface area contributed by atoms with Gasteiger partial charge in [0, 0.05) is 12.0 Å². The Morgan fingerprint density at radius 2 is 2.00 bits per heavy atom. The fraction of sp³-hybridized carbons (Fsp3) is 1.00. The smallest absolute Gasteiger partial charge is 0.0583 e. The second-order valence-electron chi connectivity index (χ2n) is 5.37. The molecule has 2 aliphatic rings. The van der Waals surface area contributed by atoms with Crippen molar-refractivity contribution in [2.24, 2.45) is 11.8 Å². The summed E-state index contributed by atoms with van der Waals surface area (Å²) in [5.74, 6) is 1.43. The molecule has 2 N–H and O–H groups in total. The van der Waals surface area contributed by atoms with Crippen LogP contribution in [0.25, 0.3) is 0 Å². The van der Waals surface area contributed by atoms with E-state index in [1.165, 1.54) is 38.5 Å². The van der Waals surface area contributed by atoms with E-state index in [4.69, 9.17) is 0 Å². The Balaban J connectivity index is 1.90. The summed E-state index contributed by atoms with van der Waals surface area (Å²) in [5.41, 5.74) is 0. The van der Waals surface area contributed by atoms with E-state index >= 15 is 0 Å². The minimum atomic E-state index is -0.0353. The summed E-state index contributed by atoms with van der Waals surface area (Å²) in [6.45, 7) is 3.46. The molecule has 1 aliphatic carbocycles. The van der Waals surface area contributed by atoms with Gasteiger partial charge in [0.2, 0.25) is 0 Å². The third-order valence-electron chi connectivity index (χ3n) is 4.42. The van der Waals surface area contributed by atoms with E-state index in [-0.39, 0.29) is 6.10 Å². The van der Waals surface area contributed by atoms with E-state index < -0.39 is 0 Å². The lowest BCUT2D eigenvalue weighted by molar-refractivity contribution is 0.0360. The van der Waals surface area contributed by atoms with Crippen LogP contribution in [0.1, 0.15) is 51.9 Å². The molecule has 0 radical (unpaired) electrons. The number of nitrogens with one attached hydrogen (secondary N) is 1. The number of rotatable bonds is 2. The highest BCUT2D eigenvalue weighted by molar-refractivity contribution is 4.88. The molecule has 2 heteroatoms. The highest BCUT2D eigenvalue weighted by atomic mass is 16.3. The van der Waals surface area contributed by atoms with Gasteiger partial charge in [-0.25, -0.2) is 0 Å². The van der Waals surface area contributed by atoms with E-state index in [0.29, 0.717) is 12.0 Å². The van der Waals surface area contributed by atoms with Crippen molar-refractivity contribution in [1.29, 1.82) is 0 Å². The quantitative estimate of drug-likeness (QED) is 0.734. The van der Waals surface area contributed by atoms with Gasteiger partial charge in [-0.2, -0.15) is 0 Å². The number of aliphatic hydroxyl groups excluding tert-OH is 1. The number of piperidine rings is 1. The zero-order chi connectivity index (χ0) is 10.7. The van der Waals surface area contributed by atoms with Crippen LogP contribution in [0.3, 0.4) is 0 Å². The maximum Gasteiger partial charge on any atom is 0.0583 e. The Hall–Kier alpha value is -0.0800. The lowest BCUT2D eigenvalue weighted by Gasteiger charge is -2.39. The molecule has 1 aliphatic heterocycles. The maximum absolute atomic E-state index is 10.0. The van der Waals surface area contributed by atoms with Crippen molar-refractivity contribution >= 4 is 0 Å². The minimum absolute atomic E-state index is 0.0353. The number of aliphatic hydroxyl groups is 1. The molecule has 0 bridgehead atoms. The summed E-state index contributed by atoms with van der Waals surface area (Å²) in [6.07, 6.45) is 8.69. The second-order valence-corrected chi connectivity index (χ2v) is 5.37. The SMILES string of the molecule is CCC1CCNC(C2CCCCC2O)C1. The van der Waals surface area contributed by atoms with Crippen LogP contribution in [-0.2, 0) is 0 Å². The molecule has 0 spiro atoms. The van der Waals surface area contributed by atoms with Crippen molar-refractivity contribution in [2.45, 2.75) is 64.0 Å². The van der Waals surface area contributed by atoms with E-state index in [1.807, 2.05) is 0 Å². The van der Waals surface area contributed by atoms with E-state index in [2.05, 4.69) is 12.2 Å². The minimum Gasteiger partial charge on any atom is -0.393 e. The van der Waals surface area contributed by atoms with Crippen LogP contribution in [0, 0.1) is 11.8 Å². The van der Waals surface area contributed by atoms with Gasteiger partial charge in [0.15, 0.2) is 0 Å². The standard InChI is InChI=1S/C13H25NO/c1-2-10-7-8-14-12(9-10)11-5-3-4-6-13(11)15/h10-15H,2-9H2,1H3. The normalized spacial score (nSPS) is 42.8. The second kappa shape index (κ2) is 5.31. The maximum atomic E-state index is 10.0. The number of hydrogen-bond acceptors (Lipinski definition) is 2. The van der Waals surface area contributed by atoms with Gasteiger partial charge in [-0.05, 0) is 38.1 Å². The van der Waals surface area contributed by atoms with E-state index in [9.17, 15) is 5.11 Å². The molecule has 0 aromatic carbocycles. The Morgan fingerprint density at radius 1 is 1.20 bits per heavy atom. The molecule has 0 aromatic rings. The third-order valence-corrected chi connectivity index (χ3v) is 4.42. The lowest BCUT2D eigenvalue weighted by Crippen LogP contribution is -2.47. The average Bonchev–Trinajstić information content (AvgIpc) is 2.30. The molecule has 0 aromatic heterocycles. The molecule has 0 amide bonds. The summed E-state index contributed by atoms with van der Waals surface area (Å²) in [5, 5.41) is 13.7. The van der Waals surface area contributed by atoms with Crippen LogP contribution < -0.4 is 5.32 Å². The van der Waals surface area contributed by atoms with Gasteiger partial charge in [0.1, 0.15) is 0 Å². The fourth-order valence-electron chi connectivity index (χ4n) is 3.34. The van der Waals surface area contributed by atoms with Gasteiger partial charge in [-0.15, -0.1) is 0 Å². The first-order chi connectivity index (χ1) is 7.31. The molecule has 88 valence electrons. The highest BCUT2D eigenvalue weighted by Crippen LogP contribution is 2.32. The Kier molecular flexibility index (Phi) is 4.04. The average molecular weight is 211 g/mol. The number of hydrogen-bond donors (Lipinski definition) is 2. The van der Waals surface area contributed by atoms with E-state index in [0.717, 1.165) is 18.9 Å². The first-order valence-electron chi connectivity index (χ1n) is 6.72. The molecule has 4 unspecified atom stereocenters. The summed E-state index contributed by atoms with van der Waals surface area (Å²) in [6, 6.07) is 0.596. The first-order valence-corrected chi connectivity index (χ1v) is 6.72. The van der Waals surface area contributed by atoms with Gasteiger partial charge in [0.25, 0.3) is 0 Å². The van der Waals surface area contributed by atoms with Crippen LogP contribution in [0.5, 0.6) is 0 Å². The van der Waals surface area contributed by atoms with Crippen LogP contribution in [-0.4, -0.2) is 23.8 Å². The topological polar surface area (TPSA) is 32.3 Å². The third kappa shape index (κ3) is 2.73. The van der Waals surface area contributed by atoms with Crippen LogP contribution in [0.15, 0.2) is 0 Å². The highest BCUT2D eigenvalue weighted by Gasteiger charge is 2.33. The van der Waals surface area contributed by atoms with Crippen LogP contribution in [0.4, 0.5) is 0 Å². The van der Waals surface area contributed by atoms with Crippen molar-refractivity contribution in [3.05, 3.63) is 0 Å². The predicted molar refractivity (Wildman–Crippen MR) is 62.8 cm³/mol. The molecule has 1 saturated heterocycles. The van der Waals surface area contributed by atoms with Crippen molar-refractivity contribution in [1.82, 2.24) is 5.32 Å². The molecular formula is C13H25NO. The summed E-state index contributed by atoms with van der Waals surface area (Å²) in [7, 11) is 0. The fourth-order valence-corrected chi connectivity index (χ4v) is 3.34. The van der Waals surface area contributed by atoms with Crippen molar-refractivity contribution in [3.8, 4) is 0 Å². The molecular weight excluding hydrogens is 186 g/mol. The van der Waals surface area contributed by atoms with Crippen molar-refractivity contribution in [2.75, 3.05) is 6.54 Å². The Bertz CT molecular complexity index is 195. The lowest BCUT2D eigenvalue weighted by atomic mass is 9.76. The van der Waals surface area contributed by atoms with Gasteiger partial charge in [-0.3, -0.25) is 0 Å². The van der Waals surface area contributed by atoms with E-state index in [1.54, 1.807) is 0 Å². The van der Waals surface area contributed by atoms with Crippen molar-refractivity contribution in [3.63, 3.8) is 0 Å². The first kappa shape index (κ1) is 11.4.